The molecule has 0 aliphatic carbocycles. The molecule has 0 nitrogen and oxygen atoms in total. The molecule has 0 radical (unpaired) electrons. The van der Waals surface area contributed by atoms with Gasteiger partial charge in [-0.1, -0.05) is 103 Å². The second-order valence-electron chi connectivity index (χ2n) is 6.61. The van der Waals surface area contributed by atoms with Gasteiger partial charge in [0.05, 0.1) is 0 Å². The minimum absolute atomic E-state index is 0.216. The molecule has 0 spiro atoms. The molecule has 0 rings (SSSR count). The number of hydrogen-bond acceptors (Lipinski definition) is 0. The largest absolute Gasteiger partial charge is 0.0845 e. The summed E-state index contributed by atoms with van der Waals surface area (Å²) in [6, 6.07) is 0. The normalized spacial score (nSPS) is 14.1. The van der Waals surface area contributed by atoms with E-state index in [1.165, 1.54) is 36.0 Å². The van der Waals surface area contributed by atoms with Gasteiger partial charge < -0.3 is 0 Å². The molecule has 0 heterocycles. The van der Waals surface area contributed by atoms with Gasteiger partial charge in [0.15, 0.2) is 0 Å². The third-order valence-corrected chi connectivity index (χ3v) is 3.53. The standard InChI is InChI=1S/C20H34.C2H6/c1-8-10-11-12-13-14-17(3)15-16-19(18(4)9-2)20(5,6)7;1-2/h12-16H,8-11H2,1-7H3;1-2H3/b13-12+,16-15+,17-14+,19-18-;. The fraction of sp³-hybridized carbons (Fsp3) is 0.636. The zero-order chi connectivity index (χ0) is 17.6. The third kappa shape index (κ3) is 11.6. The first-order valence-corrected chi connectivity index (χ1v) is 9.04. The average Bonchev–Trinajstić information content (AvgIpc) is 2.47. The molecule has 0 saturated heterocycles. The number of hydrogen-bond donors (Lipinski definition) is 0. The van der Waals surface area contributed by atoms with Crippen molar-refractivity contribution < 1.29 is 0 Å². The van der Waals surface area contributed by atoms with Gasteiger partial charge in [-0.25, -0.2) is 0 Å². The first kappa shape index (κ1) is 23.2. The zero-order valence-electron chi connectivity index (χ0n) is 16.7. The Labute approximate surface area is 141 Å². The van der Waals surface area contributed by atoms with Gasteiger partial charge in [-0.05, 0) is 37.7 Å². The Morgan fingerprint density at radius 2 is 1.55 bits per heavy atom. The molecular formula is C22H40. The van der Waals surface area contributed by atoms with Gasteiger partial charge in [-0.3, -0.25) is 0 Å². The van der Waals surface area contributed by atoms with Crippen molar-refractivity contribution in [2.24, 2.45) is 5.41 Å². The van der Waals surface area contributed by atoms with Crippen LogP contribution in [-0.2, 0) is 0 Å². The molecule has 0 unspecified atom stereocenters. The molecule has 0 atom stereocenters. The van der Waals surface area contributed by atoms with E-state index in [9.17, 15) is 0 Å². The quantitative estimate of drug-likeness (QED) is 0.330. The van der Waals surface area contributed by atoms with Crippen molar-refractivity contribution in [1.29, 1.82) is 0 Å². The summed E-state index contributed by atoms with van der Waals surface area (Å²) in [4.78, 5) is 0. The fourth-order valence-corrected chi connectivity index (χ4v) is 2.13. The van der Waals surface area contributed by atoms with E-state index < -0.39 is 0 Å². The summed E-state index contributed by atoms with van der Waals surface area (Å²) in [6.45, 7) is 19.7. The molecule has 0 aliphatic heterocycles. The maximum atomic E-state index is 2.30. The van der Waals surface area contributed by atoms with Crippen molar-refractivity contribution >= 4 is 0 Å². The van der Waals surface area contributed by atoms with Crippen LogP contribution in [0.15, 0.2) is 47.1 Å². The zero-order valence-corrected chi connectivity index (χ0v) is 16.7. The third-order valence-electron chi connectivity index (χ3n) is 3.53. The molecule has 0 fully saturated rings. The lowest BCUT2D eigenvalue weighted by molar-refractivity contribution is 0.510. The molecule has 0 aliphatic rings. The monoisotopic (exact) mass is 304 g/mol. The van der Waals surface area contributed by atoms with E-state index in [-0.39, 0.29) is 5.41 Å². The van der Waals surface area contributed by atoms with Crippen LogP contribution in [0.1, 0.15) is 88.0 Å². The Bertz CT molecular complexity index is 381. The summed E-state index contributed by atoms with van der Waals surface area (Å²) in [7, 11) is 0. The van der Waals surface area contributed by atoms with Crippen LogP contribution >= 0.6 is 0 Å². The molecule has 0 bridgehead atoms. The molecule has 0 amide bonds. The van der Waals surface area contributed by atoms with Crippen LogP contribution in [0.25, 0.3) is 0 Å². The highest BCUT2D eigenvalue weighted by Crippen LogP contribution is 2.30. The fourth-order valence-electron chi connectivity index (χ4n) is 2.13. The molecule has 0 heteroatoms. The summed E-state index contributed by atoms with van der Waals surface area (Å²) in [6.07, 6.45) is 16.0. The Morgan fingerprint density at radius 1 is 0.955 bits per heavy atom. The van der Waals surface area contributed by atoms with Gasteiger partial charge >= 0.3 is 0 Å². The van der Waals surface area contributed by atoms with E-state index in [4.69, 9.17) is 0 Å². The van der Waals surface area contributed by atoms with E-state index in [2.05, 4.69) is 78.8 Å². The smallest absolute Gasteiger partial charge is 0.0132 e. The van der Waals surface area contributed by atoms with Crippen molar-refractivity contribution in [2.45, 2.75) is 88.0 Å². The predicted molar refractivity (Wildman–Crippen MR) is 105 cm³/mol. The van der Waals surface area contributed by atoms with Crippen molar-refractivity contribution in [3.63, 3.8) is 0 Å². The topological polar surface area (TPSA) is 0 Å². The van der Waals surface area contributed by atoms with E-state index in [1.807, 2.05) is 13.8 Å². The van der Waals surface area contributed by atoms with Gasteiger partial charge in [-0.15, -0.1) is 0 Å². The molecule has 0 aromatic carbocycles. The van der Waals surface area contributed by atoms with Crippen LogP contribution in [0, 0.1) is 5.41 Å². The van der Waals surface area contributed by atoms with Crippen LogP contribution in [0.5, 0.6) is 0 Å². The van der Waals surface area contributed by atoms with Gasteiger partial charge in [0.1, 0.15) is 0 Å². The second-order valence-corrected chi connectivity index (χ2v) is 6.61. The summed E-state index contributed by atoms with van der Waals surface area (Å²) >= 11 is 0. The van der Waals surface area contributed by atoms with E-state index >= 15 is 0 Å². The van der Waals surface area contributed by atoms with Crippen LogP contribution in [0.3, 0.4) is 0 Å². The number of allylic oxidation sites excluding steroid dienone is 8. The van der Waals surface area contributed by atoms with E-state index in [1.54, 1.807) is 0 Å². The molecule has 0 aromatic heterocycles. The maximum absolute atomic E-state index is 2.30. The molecule has 22 heavy (non-hydrogen) atoms. The lowest BCUT2D eigenvalue weighted by Gasteiger charge is -2.23. The Hall–Kier alpha value is -1.04. The predicted octanol–water partition coefficient (Wildman–Crippen LogP) is 8.03. The van der Waals surface area contributed by atoms with Crippen molar-refractivity contribution in [3.8, 4) is 0 Å². The number of rotatable bonds is 7. The number of unbranched alkanes of at least 4 members (excludes halogenated alkanes) is 2. The average molecular weight is 305 g/mol. The minimum atomic E-state index is 0.216. The maximum Gasteiger partial charge on any atom is -0.0132 e. The Balaban J connectivity index is 0. The van der Waals surface area contributed by atoms with E-state index in [0.29, 0.717) is 0 Å². The molecule has 0 saturated carbocycles. The van der Waals surface area contributed by atoms with Gasteiger partial charge in [0, 0.05) is 0 Å². The van der Waals surface area contributed by atoms with Crippen LogP contribution in [0.4, 0.5) is 0 Å². The Morgan fingerprint density at radius 3 is 2.00 bits per heavy atom. The first-order chi connectivity index (χ1) is 10.3. The van der Waals surface area contributed by atoms with Crippen molar-refractivity contribution in [2.75, 3.05) is 0 Å². The summed E-state index contributed by atoms with van der Waals surface area (Å²) in [5.74, 6) is 0. The minimum Gasteiger partial charge on any atom is -0.0845 e. The summed E-state index contributed by atoms with van der Waals surface area (Å²) < 4.78 is 0. The Kier molecular flexibility index (Phi) is 14.4. The molecule has 0 aromatic rings. The highest BCUT2D eigenvalue weighted by atomic mass is 14.2. The first-order valence-electron chi connectivity index (χ1n) is 9.04. The van der Waals surface area contributed by atoms with Gasteiger partial charge in [-0.2, -0.15) is 0 Å². The lowest BCUT2D eigenvalue weighted by Crippen LogP contribution is -2.09. The molecular weight excluding hydrogens is 264 g/mol. The lowest BCUT2D eigenvalue weighted by atomic mass is 9.82. The molecule has 0 N–H and O–H groups in total. The van der Waals surface area contributed by atoms with Crippen molar-refractivity contribution in [1.82, 2.24) is 0 Å². The highest BCUT2D eigenvalue weighted by Gasteiger charge is 2.16. The summed E-state index contributed by atoms with van der Waals surface area (Å²) in [5, 5.41) is 0. The molecule has 128 valence electrons. The van der Waals surface area contributed by atoms with Gasteiger partial charge in [0.2, 0.25) is 0 Å². The van der Waals surface area contributed by atoms with E-state index in [0.717, 1.165) is 6.42 Å². The van der Waals surface area contributed by atoms with Crippen LogP contribution in [-0.4, -0.2) is 0 Å². The highest BCUT2D eigenvalue weighted by molar-refractivity contribution is 5.34. The second kappa shape index (κ2) is 13.6. The van der Waals surface area contributed by atoms with Crippen LogP contribution in [0.2, 0.25) is 0 Å². The van der Waals surface area contributed by atoms with Gasteiger partial charge in [0.25, 0.3) is 0 Å². The summed E-state index contributed by atoms with van der Waals surface area (Å²) in [5.41, 5.74) is 4.47. The van der Waals surface area contributed by atoms with Crippen molar-refractivity contribution in [3.05, 3.63) is 47.1 Å². The SMILES string of the molecule is CC.CCCC/C=C/C=C(C)/C=C/C(=C(\C)CC)C(C)(C)C. The van der Waals surface area contributed by atoms with Crippen LogP contribution < -0.4 is 0 Å².